The molecule has 2 aromatic carbocycles. The maximum atomic E-state index is 12.9. The largest absolute Gasteiger partial charge is 0.494 e. The third kappa shape index (κ3) is 1.36. The monoisotopic (exact) mass is 270 g/mol. The number of hydrogen-bond donors (Lipinski definition) is 2. The lowest BCUT2D eigenvalue weighted by atomic mass is 10.0. The number of hydrogen-bond acceptors (Lipinski definition) is 3. The number of para-hydroxylation sites is 2. The molecule has 0 amide bonds. The molecule has 0 spiro atoms. The van der Waals surface area contributed by atoms with Gasteiger partial charge < -0.3 is 10.1 Å². The van der Waals surface area contributed by atoms with Gasteiger partial charge in [-0.3, -0.25) is 4.79 Å². The Bertz CT molecular complexity index is 1280. The fourth-order valence-corrected chi connectivity index (χ4v) is 2.13. The molecule has 0 atom stereocenters. The Balaban J connectivity index is 2.08. The number of H-pyrrole nitrogens is 1. The van der Waals surface area contributed by atoms with Crippen LogP contribution in [0.5, 0.6) is 5.88 Å². The van der Waals surface area contributed by atoms with Crippen molar-refractivity contribution in [3.05, 3.63) is 59.5 Å². The van der Waals surface area contributed by atoms with Gasteiger partial charge in [0.15, 0.2) is 5.88 Å². The first-order valence-electron chi connectivity index (χ1n) is 9.62. The molecule has 3 aromatic rings. The number of nitrogens with zero attached hydrogens (tertiary/aromatic N) is 1. The number of ketones is 1. The van der Waals surface area contributed by atoms with Gasteiger partial charge in [0.05, 0.1) is 22.2 Å². The number of aromatic hydroxyl groups is 1. The molecule has 0 fully saturated rings. The van der Waals surface area contributed by atoms with E-state index in [4.69, 9.17) is 11.0 Å². The second-order valence-electron chi connectivity index (χ2n) is 4.11. The first-order valence-corrected chi connectivity index (χ1v) is 5.62. The number of fused-ring (bicyclic) bond motifs is 2. The van der Waals surface area contributed by atoms with E-state index in [9.17, 15) is 9.90 Å². The Morgan fingerprint density at radius 3 is 2.75 bits per heavy atom. The standard InChI is InChI=1S/C16H10N2O2/c19-15-10-6-2-4-8-12(10)17-14(15)13-9-5-1-3-7-11(9)18-16(13)20/h1-8,18,20H/i1D,2D,3D,4D,5D,6D,7D,8D. The van der Waals surface area contributed by atoms with Crippen LogP contribution in [-0.2, 0) is 0 Å². The van der Waals surface area contributed by atoms with E-state index in [2.05, 4.69) is 9.98 Å². The number of aromatic amines is 1. The van der Waals surface area contributed by atoms with Crippen molar-refractivity contribution in [2.45, 2.75) is 0 Å². The first kappa shape index (κ1) is 5.63. The highest BCUT2D eigenvalue weighted by atomic mass is 16.3. The molecule has 0 bridgehead atoms. The molecule has 2 heterocycles. The van der Waals surface area contributed by atoms with Gasteiger partial charge in [0, 0.05) is 16.5 Å². The number of aliphatic imine (C=N–C) groups is 1. The molecule has 0 saturated carbocycles. The van der Waals surface area contributed by atoms with Crippen LogP contribution in [0.4, 0.5) is 5.69 Å². The van der Waals surface area contributed by atoms with Gasteiger partial charge in [-0.15, -0.1) is 0 Å². The zero-order chi connectivity index (χ0) is 20.7. The summed E-state index contributed by atoms with van der Waals surface area (Å²) in [5.74, 6) is -1.48. The lowest BCUT2D eigenvalue weighted by molar-refractivity contribution is 0.107. The smallest absolute Gasteiger partial charge is 0.214 e. The van der Waals surface area contributed by atoms with Gasteiger partial charge >= 0.3 is 0 Å². The Kier molecular flexibility index (Phi) is 1.07. The lowest BCUT2D eigenvalue weighted by Gasteiger charge is -1.98. The van der Waals surface area contributed by atoms with Gasteiger partial charge in [-0.1, -0.05) is 30.2 Å². The van der Waals surface area contributed by atoms with E-state index in [1.807, 2.05) is 0 Å². The fourth-order valence-electron chi connectivity index (χ4n) is 2.13. The average molecular weight is 270 g/mol. The summed E-state index contributed by atoms with van der Waals surface area (Å²) in [5, 5.41) is 10.2. The Morgan fingerprint density at radius 2 is 1.85 bits per heavy atom. The summed E-state index contributed by atoms with van der Waals surface area (Å²) in [4.78, 5) is 19.3. The average Bonchev–Trinajstić information content (AvgIpc) is 3.18. The van der Waals surface area contributed by atoms with Crippen LogP contribution in [0.2, 0.25) is 0 Å². The van der Waals surface area contributed by atoms with Crippen molar-refractivity contribution in [1.82, 2.24) is 4.98 Å². The van der Waals surface area contributed by atoms with Gasteiger partial charge in [0.2, 0.25) is 5.78 Å². The van der Waals surface area contributed by atoms with Crippen molar-refractivity contribution in [3.63, 3.8) is 0 Å². The summed E-state index contributed by atoms with van der Waals surface area (Å²) in [6.45, 7) is 0. The molecular weight excluding hydrogens is 252 g/mol. The van der Waals surface area contributed by atoms with Crippen molar-refractivity contribution in [2.24, 2.45) is 4.99 Å². The molecule has 1 aliphatic rings. The third-order valence-corrected chi connectivity index (χ3v) is 2.99. The maximum Gasteiger partial charge on any atom is 0.214 e. The minimum absolute atomic E-state index is 0.121. The molecule has 0 unspecified atom stereocenters. The number of nitrogens with one attached hydrogen (secondary N) is 1. The molecule has 20 heavy (non-hydrogen) atoms. The molecule has 1 aliphatic heterocycles. The molecule has 1 aromatic heterocycles. The summed E-state index contributed by atoms with van der Waals surface area (Å²) in [5.41, 5.74) is -1.45. The summed E-state index contributed by atoms with van der Waals surface area (Å²) in [7, 11) is 0. The topological polar surface area (TPSA) is 65.5 Å². The van der Waals surface area contributed by atoms with Gasteiger partial charge in [0.25, 0.3) is 0 Å². The second-order valence-corrected chi connectivity index (χ2v) is 4.11. The van der Waals surface area contributed by atoms with Crippen LogP contribution in [0.25, 0.3) is 10.9 Å². The Hall–Kier alpha value is -2.88. The highest BCUT2D eigenvalue weighted by Crippen LogP contribution is 2.34. The van der Waals surface area contributed by atoms with E-state index in [-0.39, 0.29) is 27.7 Å². The highest BCUT2D eigenvalue weighted by Gasteiger charge is 2.29. The number of carbonyl (C=O) groups is 1. The van der Waals surface area contributed by atoms with Gasteiger partial charge in [0.1, 0.15) is 5.71 Å². The number of Topliss-reactive ketones (excluding diaryl/α,β-unsaturated/α-hetero) is 1. The predicted octanol–water partition coefficient (Wildman–Crippen LogP) is 3.19. The number of carbonyl (C=O) groups excluding carboxylic acids is 1. The summed E-state index contributed by atoms with van der Waals surface area (Å²) in [6, 6.07) is -4.26. The van der Waals surface area contributed by atoms with E-state index in [0.717, 1.165) is 0 Å². The molecule has 0 radical (unpaired) electrons. The molecule has 4 nitrogen and oxygen atoms in total. The van der Waals surface area contributed by atoms with Crippen molar-refractivity contribution in [3.8, 4) is 5.88 Å². The van der Waals surface area contributed by atoms with E-state index in [1.54, 1.807) is 0 Å². The minimum Gasteiger partial charge on any atom is -0.494 e. The summed E-state index contributed by atoms with van der Waals surface area (Å²) in [6.07, 6.45) is 0. The zero-order valence-electron chi connectivity index (χ0n) is 17.8. The number of rotatable bonds is 1. The van der Waals surface area contributed by atoms with E-state index < -0.39 is 65.7 Å². The molecule has 2 N–H and O–H groups in total. The van der Waals surface area contributed by atoms with E-state index in [0.29, 0.717) is 0 Å². The third-order valence-electron chi connectivity index (χ3n) is 2.99. The quantitative estimate of drug-likeness (QED) is 0.713. The van der Waals surface area contributed by atoms with E-state index >= 15 is 0 Å². The molecule has 0 aliphatic carbocycles. The zero-order valence-corrected chi connectivity index (χ0v) is 9.80. The number of aromatic nitrogens is 1. The van der Waals surface area contributed by atoms with Crippen LogP contribution in [0.15, 0.2) is 53.3 Å². The lowest BCUT2D eigenvalue weighted by Crippen LogP contribution is -2.10. The molecule has 4 rings (SSSR count). The van der Waals surface area contributed by atoms with Crippen LogP contribution in [-0.4, -0.2) is 21.6 Å². The van der Waals surface area contributed by atoms with Gasteiger partial charge in [-0.05, 0) is 18.1 Å². The molecule has 4 heteroatoms. The molecule has 0 saturated heterocycles. The fraction of sp³-hybridized carbons (Fsp3) is 0. The van der Waals surface area contributed by atoms with Crippen molar-refractivity contribution in [1.29, 1.82) is 0 Å². The SMILES string of the molecule is [2H]c1c([2H])c([2H])c2c(c1[2H])N=C(c1c(O)[nH]c3c([2H])c([2H])c([2H])c([2H])c13)C2=O. The van der Waals surface area contributed by atoms with Crippen LogP contribution in [0.3, 0.4) is 0 Å². The Labute approximate surface area is 125 Å². The van der Waals surface area contributed by atoms with Gasteiger partial charge in [-0.2, -0.15) is 0 Å². The molecule has 96 valence electrons. The first-order chi connectivity index (χ1) is 13.1. The van der Waals surface area contributed by atoms with Crippen LogP contribution >= 0.6 is 0 Å². The van der Waals surface area contributed by atoms with E-state index in [1.165, 1.54) is 0 Å². The summed E-state index contributed by atoms with van der Waals surface area (Å²) < 4.78 is 62.9. The number of benzene rings is 2. The van der Waals surface area contributed by atoms with Crippen molar-refractivity contribution >= 4 is 28.1 Å². The van der Waals surface area contributed by atoms with Crippen LogP contribution in [0.1, 0.15) is 26.9 Å². The highest BCUT2D eigenvalue weighted by molar-refractivity contribution is 6.56. The predicted molar refractivity (Wildman–Crippen MR) is 76.9 cm³/mol. The normalized spacial score (nSPS) is 19.2. The van der Waals surface area contributed by atoms with Crippen molar-refractivity contribution in [2.75, 3.05) is 0 Å². The van der Waals surface area contributed by atoms with Crippen LogP contribution < -0.4 is 0 Å². The molecular formula is C16H10N2O2. The Morgan fingerprint density at radius 1 is 1.10 bits per heavy atom. The second kappa shape index (κ2) is 3.81. The maximum absolute atomic E-state index is 12.9. The summed E-state index contributed by atoms with van der Waals surface area (Å²) >= 11 is 0. The van der Waals surface area contributed by atoms with Crippen molar-refractivity contribution < 1.29 is 20.9 Å². The van der Waals surface area contributed by atoms with Gasteiger partial charge in [-0.25, -0.2) is 4.99 Å². The minimum atomic E-state index is -0.870. The van der Waals surface area contributed by atoms with Crippen LogP contribution in [0, 0.1) is 0 Å².